The van der Waals surface area contributed by atoms with Crippen LogP contribution in [0.25, 0.3) is 16.8 Å². The van der Waals surface area contributed by atoms with Crippen molar-refractivity contribution in [1.82, 2.24) is 14.2 Å². The third-order valence-corrected chi connectivity index (χ3v) is 5.14. The van der Waals surface area contributed by atoms with Crippen LogP contribution < -0.4 is 5.56 Å². The second-order valence-corrected chi connectivity index (χ2v) is 7.17. The number of hydrogen-bond donors (Lipinski definition) is 1. The zero-order valence-corrected chi connectivity index (χ0v) is 16.2. The molecule has 0 radical (unpaired) electrons. The Hall–Kier alpha value is -2.89. The zero-order chi connectivity index (χ0) is 19.7. The minimum atomic E-state index is -0.804. The molecule has 142 valence electrons. The topological polar surface area (TPSA) is 59.5 Å². The van der Waals surface area contributed by atoms with Crippen molar-refractivity contribution < 1.29 is 5.11 Å². The lowest BCUT2D eigenvalue weighted by atomic mass is 10.1. The highest BCUT2D eigenvalue weighted by molar-refractivity contribution is 6.30. The number of aliphatic hydroxyl groups excluding tert-OH is 1. The van der Waals surface area contributed by atoms with Gasteiger partial charge in [-0.15, -0.1) is 0 Å². The molecule has 2 aromatic carbocycles. The Balaban J connectivity index is 1.64. The summed E-state index contributed by atoms with van der Waals surface area (Å²) in [6, 6.07) is 16.9. The molecule has 2 aromatic heterocycles. The van der Waals surface area contributed by atoms with Crippen molar-refractivity contribution in [2.75, 3.05) is 0 Å². The van der Waals surface area contributed by atoms with Gasteiger partial charge in [0.2, 0.25) is 0 Å². The molecule has 0 saturated heterocycles. The van der Waals surface area contributed by atoms with Gasteiger partial charge in [0.1, 0.15) is 5.52 Å². The highest BCUT2D eigenvalue weighted by Gasteiger charge is 2.13. The molecular weight excluding hydrogens is 374 g/mol. The Morgan fingerprint density at radius 3 is 2.46 bits per heavy atom. The molecule has 4 aromatic rings. The van der Waals surface area contributed by atoms with Gasteiger partial charge < -0.3 is 9.67 Å². The van der Waals surface area contributed by atoms with E-state index in [0.717, 1.165) is 17.7 Å². The van der Waals surface area contributed by atoms with Gasteiger partial charge in [-0.05, 0) is 35.7 Å². The maximum Gasteiger partial charge on any atom is 0.276 e. The SMILES string of the molecule is CCc1ccc(-c2cc3c(=O)n(C[C@H](O)c4ccc(Cl)cc4)ccn3n2)cc1. The minimum Gasteiger partial charge on any atom is -0.387 e. The summed E-state index contributed by atoms with van der Waals surface area (Å²) in [5, 5.41) is 15.6. The van der Waals surface area contributed by atoms with Crippen LogP contribution in [0.3, 0.4) is 0 Å². The fourth-order valence-electron chi connectivity index (χ4n) is 3.20. The highest BCUT2D eigenvalue weighted by Crippen LogP contribution is 2.20. The fourth-order valence-corrected chi connectivity index (χ4v) is 3.32. The van der Waals surface area contributed by atoms with Gasteiger partial charge in [-0.3, -0.25) is 4.79 Å². The molecule has 0 amide bonds. The summed E-state index contributed by atoms with van der Waals surface area (Å²) < 4.78 is 3.08. The van der Waals surface area contributed by atoms with E-state index in [1.807, 2.05) is 12.1 Å². The third-order valence-electron chi connectivity index (χ3n) is 4.89. The summed E-state index contributed by atoms with van der Waals surface area (Å²) in [7, 11) is 0. The largest absolute Gasteiger partial charge is 0.387 e. The number of aryl methyl sites for hydroxylation is 1. The lowest BCUT2D eigenvalue weighted by Crippen LogP contribution is -2.24. The molecule has 0 bridgehead atoms. The van der Waals surface area contributed by atoms with Crippen molar-refractivity contribution >= 4 is 17.1 Å². The Bertz CT molecular complexity index is 1160. The zero-order valence-electron chi connectivity index (χ0n) is 15.4. The molecule has 0 unspecified atom stereocenters. The molecular formula is C22H20ClN3O2. The van der Waals surface area contributed by atoms with Gasteiger partial charge in [0.05, 0.1) is 18.3 Å². The third kappa shape index (κ3) is 3.59. The maximum atomic E-state index is 12.9. The summed E-state index contributed by atoms with van der Waals surface area (Å²) in [6.07, 6.45) is 3.55. The van der Waals surface area contributed by atoms with Crippen LogP contribution in [0.15, 0.2) is 71.8 Å². The number of rotatable bonds is 5. The number of nitrogens with zero attached hydrogens (tertiary/aromatic N) is 3. The van der Waals surface area contributed by atoms with Gasteiger partial charge >= 0.3 is 0 Å². The Kier molecular flexibility index (Phi) is 5.03. The smallest absolute Gasteiger partial charge is 0.276 e. The molecule has 28 heavy (non-hydrogen) atoms. The van der Waals surface area contributed by atoms with Gasteiger partial charge in [-0.2, -0.15) is 5.10 Å². The number of halogens is 1. The van der Waals surface area contributed by atoms with Gasteiger partial charge in [0.25, 0.3) is 5.56 Å². The van der Waals surface area contributed by atoms with Crippen LogP contribution in [0, 0.1) is 0 Å². The first-order valence-electron chi connectivity index (χ1n) is 9.17. The normalized spacial score (nSPS) is 12.4. The molecule has 6 heteroatoms. The average molecular weight is 394 g/mol. The van der Waals surface area contributed by atoms with E-state index in [1.54, 1.807) is 47.2 Å². The predicted molar refractivity (Wildman–Crippen MR) is 111 cm³/mol. The average Bonchev–Trinajstić information content (AvgIpc) is 3.16. The van der Waals surface area contributed by atoms with Gasteiger partial charge in [-0.25, -0.2) is 4.52 Å². The molecule has 2 heterocycles. The summed E-state index contributed by atoms with van der Waals surface area (Å²) in [5.41, 5.74) is 3.95. The molecule has 1 N–H and O–H groups in total. The first-order chi connectivity index (χ1) is 13.5. The molecule has 0 saturated carbocycles. The number of benzene rings is 2. The molecule has 5 nitrogen and oxygen atoms in total. The highest BCUT2D eigenvalue weighted by atomic mass is 35.5. The van der Waals surface area contributed by atoms with Gasteiger partial charge in [-0.1, -0.05) is 54.9 Å². The second kappa shape index (κ2) is 7.62. The molecule has 0 aliphatic carbocycles. The monoisotopic (exact) mass is 393 g/mol. The predicted octanol–water partition coefficient (Wildman–Crippen LogP) is 4.11. The lowest BCUT2D eigenvalue weighted by Gasteiger charge is -2.13. The van der Waals surface area contributed by atoms with Crippen LogP contribution in [0.5, 0.6) is 0 Å². The van der Waals surface area contributed by atoms with Crippen LogP contribution in [0.2, 0.25) is 5.02 Å². The lowest BCUT2D eigenvalue weighted by molar-refractivity contribution is 0.155. The van der Waals surface area contributed by atoms with E-state index in [2.05, 4.69) is 24.2 Å². The summed E-state index contributed by atoms with van der Waals surface area (Å²) >= 11 is 5.89. The van der Waals surface area contributed by atoms with Crippen LogP contribution in [-0.4, -0.2) is 19.3 Å². The van der Waals surface area contributed by atoms with E-state index in [9.17, 15) is 9.90 Å². The van der Waals surface area contributed by atoms with Crippen molar-refractivity contribution in [2.45, 2.75) is 26.0 Å². The Morgan fingerprint density at radius 2 is 1.79 bits per heavy atom. The summed E-state index contributed by atoms with van der Waals surface area (Å²) in [5.74, 6) is 0. The van der Waals surface area contributed by atoms with Crippen molar-refractivity contribution in [3.8, 4) is 11.3 Å². The Labute approximate surface area is 167 Å². The first-order valence-corrected chi connectivity index (χ1v) is 9.54. The Morgan fingerprint density at radius 1 is 1.07 bits per heavy atom. The fraction of sp³-hybridized carbons (Fsp3) is 0.182. The van der Waals surface area contributed by atoms with Crippen molar-refractivity contribution in [2.24, 2.45) is 0 Å². The molecule has 1 atom stereocenters. The van der Waals surface area contributed by atoms with E-state index < -0.39 is 6.10 Å². The van der Waals surface area contributed by atoms with E-state index in [0.29, 0.717) is 16.1 Å². The molecule has 0 fully saturated rings. The molecule has 0 aliphatic heterocycles. The molecule has 4 rings (SSSR count). The van der Waals surface area contributed by atoms with Gasteiger partial charge in [0.15, 0.2) is 0 Å². The van der Waals surface area contributed by atoms with Crippen LogP contribution in [-0.2, 0) is 13.0 Å². The van der Waals surface area contributed by atoms with Crippen LogP contribution in [0.4, 0.5) is 0 Å². The van der Waals surface area contributed by atoms with Crippen LogP contribution in [0.1, 0.15) is 24.2 Å². The number of aromatic nitrogens is 3. The van der Waals surface area contributed by atoms with Crippen molar-refractivity contribution in [1.29, 1.82) is 0 Å². The number of aliphatic hydroxyl groups is 1. The number of fused-ring (bicyclic) bond motifs is 1. The summed E-state index contributed by atoms with van der Waals surface area (Å²) in [6.45, 7) is 2.27. The van der Waals surface area contributed by atoms with E-state index in [4.69, 9.17) is 11.6 Å². The summed E-state index contributed by atoms with van der Waals surface area (Å²) in [4.78, 5) is 12.9. The number of hydrogen-bond acceptors (Lipinski definition) is 3. The van der Waals surface area contributed by atoms with Crippen LogP contribution >= 0.6 is 11.6 Å². The first kappa shape index (κ1) is 18.5. The van der Waals surface area contributed by atoms with Crippen molar-refractivity contribution in [3.05, 3.63) is 93.5 Å². The van der Waals surface area contributed by atoms with E-state index in [1.165, 1.54) is 10.1 Å². The standard InChI is InChI=1S/C22H20ClN3O2/c1-2-15-3-5-16(6-4-15)19-13-20-22(28)25(11-12-26(20)24-19)14-21(27)17-7-9-18(23)10-8-17/h3-13,21,27H,2,14H2,1H3/t21-/m0/s1. The van der Waals surface area contributed by atoms with Crippen molar-refractivity contribution in [3.63, 3.8) is 0 Å². The molecule has 0 aliphatic rings. The van der Waals surface area contributed by atoms with Gasteiger partial charge in [0, 0.05) is 23.0 Å². The second-order valence-electron chi connectivity index (χ2n) is 6.73. The quantitative estimate of drug-likeness (QED) is 0.555. The minimum absolute atomic E-state index is 0.155. The van der Waals surface area contributed by atoms with E-state index >= 15 is 0 Å². The maximum absolute atomic E-state index is 12.9. The molecule has 0 spiro atoms. The van der Waals surface area contributed by atoms with E-state index in [-0.39, 0.29) is 12.1 Å².